The van der Waals surface area contributed by atoms with Crippen LogP contribution < -0.4 is 5.63 Å². The number of carbonyl (C=O) groups is 1. The highest BCUT2D eigenvalue weighted by Crippen LogP contribution is 2.25. The number of rotatable bonds is 4. The third kappa shape index (κ3) is 4.06. The minimum absolute atomic E-state index is 0.0102. The lowest BCUT2D eigenvalue weighted by atomic mass is 10.1. The summed E-state index contributed by atoms with van der Waals surface area (Å²) >= 11 is 6.25. The summed E-state index contributed by atoms with van der Waals surface area (Å²) in [5.41, 5.74) is 0.186. The molecular formula is C21H18ClNO5S. The molecule has 0 bridgehead atoms. The molecule has 1 amide bonds. The zero-order valence-corrected chi connectivity index (χ0v) is 16.9. The summed E-state index contributed by atoms with van der Waals surface area (Å²) in [6, 6.07) is 14.9. The maximum atomic E-state index is 13.4. The molecule has 0 unspecified atom stereocenters. The first-order valence-corrected chi connectivity index (χ1v) is 11.3. The van der Waals surface area contributed by atoms with Crippen molar-refractivity contribution in [1.29, 1.82) is 0 Å². The number of para-hydroxylation sites is 1. The summed E-state index contributed by atoms with van der Waals surface area (Å²) in [6.07, 6.45) is 0.317. The van der Waals surface area contributed by atoms with Crippen LogP contribution in [-0.2, 0) is 16.4 Å². The monoisotopic (exact) mass is 431 g/mol. The van der Waals surface area contributed by atoms with Gasteiger partial charge in [0.05, 0.1) is 11.5 Å². The van der Waals surface area contributed by atoms with E-state index < -0.39 is 27.4 Å². The SMILES string of the molecule is O=C(c1cc2ccccc2oc1=O)N(Cc1ccccc1Cl)[C@H]1CCS(=O)(=O)C1. The molecule has 8 heteroatoms. The highest BCUT2D eigenvalue weighted by Gasteiger charge is 2.36. The lowest BCUT2D eigenvalue weighted by Crippen LogP contribution is -2.42. The maximum absolute atomic E-state index is 13.4. The predicted octanol–water partition coefficient (Wildman–Crippen LogP) is 3.28. The lowest BCUT2D eigenvalue weighted by molar-refractivity contribution is 0.0677. The van der Waals surface area contributed by atoms with E-state index in [4.69, 9.17) is 16.0 Å². The number of hydrogen-bond donors (Lipinski definition) is 0. The summed E-state index contributed by atoms with van der Waals surface area (Å²) in [6.45, 7) is 0.102. The van der Waals surface area contributed by atoms with Gasteiger partial charge in [-0.25, -0.2) is 13.2 Å². The fourth-order valence-electron chi connectivity index (χ4n) is 3.56. The molecule has 0 N–H and O–H groups in total. The Kier molecular flexibility index (Phi) is 5.19. The van der Waals surface area contributed by atoms with E-state index in [0.29, 0.717) is 28.0 Å². The summed E-state index contributed by atoms with van der Waals surface area (Å²) in [7, 11) is -3.23. The smallest absolute Gasteiger partial charge is 0.349 e. The minimum atomic E-state index is -3.23. The molecule has 0 radical (unpaired) electrons. The van der Waals surface area contributed by atoms with Crippen LogP contribution in [0.15, 0.2) is 63.8 Å². The molecule has 0 spiro atoms. The van der Waals surface area contributed by atoms with Crippen LogP contribution in [0.25, 0.3) is 11.0 Å². The van der Waals surface area contributed by atoms with Crippen molar-refractivity contribution in [2.45, 2.75) is 19.0 Å². The van der Waals surface area contributed by atoms with Gasteiger partial charge in [-0.3, -0.25) is 4.79 Å². The van der Waals surface area contributed by atoms with Gasteiger partial charge in [0.25, 0.3) is 5.91 Å². The maximum Gasteiger partial charge on any atom is 0.349 e. The van der Waals surface area contributed by atoms with E-state index in [0.717, 1.165) is 0 Å². The quantitative estimate of drug-likeness (QED) is 0.592. The molecular weight excluding hydrogens is 414 g/mol. The molecule has 1 fully saturated rings. The van der Waals surface area contributed by atoms with Gasteiger partial charge < -0.3 is 9.32 Å². The third-order valence-corrected chi connectivity index (χ3v) is 7.20. The number of carbonyl (C=O) groups excluding carboxylic acids is 1. The lowest BCUT2D eigenvalue weighted by Gasteiger charge is -2.28. The van der Waals surface area contributed by atoms with Crippen molar-refractivity contribution in [2.75, 3.05) is 11.5 Å². The van der Waals surface area contributed by atoms with Crippen LogP contribution in [0.5, 0.6) is 0 Å². The average Bonchev–Trinajstić information content (AvgIpc) is 3.05. The molecule has 0 aliphatic carbocycles. The normalized spacial score (nSPS) is 18.0. The van der Waals surface area contributed by atoms with E-state index in [1.54, 1.807) is 48.5 Å². The summed E-state index contributed by atoms with van der Waals surface area (Å²) in [4.78, 5) is 27.3. The molecule has 3 aromatic rings. The molecule has 1 aromatic heterocycles. The Hall–Kier alpha value is -2.64. The van der Waals surface area contributed by atoms with Crippen molar-refractivity contribution < 1.29 is 17.6 Å². The van der Waals surface area contributed by atoms with Crippen molar-refractivity contribution in [3.05, 3.63) is 81.2 Å². The summed E-state index contributed by atoms with van der Waals surface area (Å²) < 4.78 is 29.3. The number of nitrogens with zero attached hydrogens (tertiary/aromatic N) is 1. The molecule has 0 saturated carbocycles. The molecule has 4 rings (SSSR count). The topological polar surface area (TPSA) is 84.7 Å². The fraction of sp³-hybridized carbons (Fsp3) is 0.238. The van der Waals surface area contributed by atoms with Crippen LogP contribution in [-0.4, -0.2) is 36.8 Å². The molecule has 6 nitrogen and oxygen atoms in total. The Morgan fingerprint density at radius 3 is 2.59 bits per heavy atom. The second-order valence-corrected chi connectivity index (χ2v) is 9.70. The standard InChI is InChI=1S/C21H18ClNO5S/c22-18-7-3-1-6-15(18)12-23(16-9-10-29(26,27)13-16)20(24)17-11-14-5-2-4-8-19(14)28-21(17)25/h1-8,11,16H,9-10,12-13H2/t16-/m0/s1. The summed E-state index contributed by atoms with van der Waals surface area (Å²) in [5, 5.41) is 1.09. The molecule has 1 atom stereocenters. The zero-order chi connectivity index (χ0) is 20.6. The molecule has 29 heavy (non-hydrogen) atoms. The number of sulfone groups is 1. The Morgan fingerprint density at radius 1 is 1.14 bits per heavy atom. The number of hydrogen-bond acceptors (Lipinski definition) is 5. The first kappa shape index (κ1) is 19.7. The number of amides is 1. The van der Waals surface area contributed by atoms with E-state index >= 15 is 0 Å². The van der Waals surface area contributed by atoms with Crippen LogP contribution in [0.2, 0.25) is 5.02 Å². The first-order valence-electron chi connectivity index (χ1n) is 9.12. The van der Waals surface area contributed by atoms with E-state index in [1.165, 1.54) is 11.0 Å². The zero-order valence-electron chi connectivity index (χ0n) is 15.4. The van der Waals surface area contributed by atoms with Crippen LogP contribution in [0.3, 0.4) is 0 Å². The van der Waals surface area contributed by atoms with Gasteiger partial charge in [-0.1, -0.05) is 48.0 Å². The fourth-order valence-corrected chi connectivity index (χ4v) is 5.49. The number of halogens is 1. The van der Waals surface area contributed by atoms with Crippen LogP contribution in [0.4, 0.5) is 0 Å². The van der Waals surface area contributed by atoms with Crippen LogP contribution >= 0.6 is 11.6 Å². The van der Waals surface area contributed by atoms with Gasteiger partial charge in [-0.2, -0.15) is 0 Å². The number of fused-ring (bicyclic) bond motifs is 1. The van der Waals surface area contributed by atoms with E-state index in [9.17, 15) is 18.0 Å². The van der Waals surface area contributed by atoms with Gasteiger partial charge in [0.15, 0.2) is 9.84 Å². The Morgan fingerprint density at radius 2 is 1.86 bits per heavy atom. The molecule has 2 aromatic carbocycles. The van der Waals surface area contributed by atoms with Gasteiger partial charge >= 0.3 is 5.63 Å². The predicted molar refractivity (Wildman–Crippen MR) is 111 cm³/mol. The van der Waals surface area contributed by atoms with Crippen molar-refractivity contribution in [3.63, 3.8) is 0 Å². The molecule has 2 heterocycles. The number of benzene rings is 2. The highest BCUT2D eigenvalue weighted by atomic mass is 35.5. The van der Waals surface area contributed by atoms with Crippen molar-refractivity contribution >= 4 is 38.3 Å². The van der Waals surface area contributed by atoms with Crippen molar-refractivity contribution in [2.24, 2.45) is 0 Å². The highest BCUT2D eigenvalue weighted by molar-refractivity contribution is 7.91. The molecule has 1 aliphatic heterocycles. The van der Waals surface area contributed by atoms with Gasteiger partial charge in [-0.05, 0) is 30.2 Å². The van der Waals surface area contributed by atoms with Gasteiger partial charge in [-0.15, -0.1) is 0 Å². The van der Waals surface area contributed by atoms with E-state index in [1.807, 2.05) is 0 Å². The van der Waals surface area contributed by atoms with Gasteiger partial charge in [0.2, 0.25) is 0 Å². The average molecular weight is 432 g/mol. The second kappa shape index (κ2) is 7.65. The van der Waals surface area contributed by atoms with Crippen molar-refractivity contribution in [3.8, 4) is 0 Å². The van der Waals surface area contributed by atoms with Crippen LogP contribution in [0.1, 0.15) is 22.3 Å². The van der Waals surface area contributed by atoms with Crippen molar-refractivity contribution in [1.82, 2.24) is 4.90 Å². The summed E-state index contributed by atoms with van der Waals surface area (Å²) in [5.74, 6) is -0.690. The molecule has 1 aliphatic rings. The van der Waals surface area contributed by atoms with E-state index in [-0.39, 0.29) is 23.6 Å². The Labute approximate surface area is 172 Å². The first-order chi connectivity index (χ1) is 13.8. The van der Waals surface area contributed by atoms with E-state index in [2.05, 4.69) is 0 Å². The van der Waals surface area contributed by atoms with Gasteiger partial charge in [0.1, 0.15) is 11.1 Å². The Bertz CT molecular complexity index is 1250. The molecule has 1 saturated heterocycles. The van der Waals surface area contributed by atoms with Crippen LogP contribution in [0, 0.1) is 0 Å². The third-order valence-electron chi connectivity index (χ3n) is 5.08. The minimum Gasteiger partial charge on any atom is -0.422 e. The second-order valence-electron chi connectivity index (χ2n) is 7.07. The molecule has 150 valence electrons. The van der Waals surface area contributed by atoms with Gasteiger partial charge in [0, 0.05) is 23.0 Å². The Balaban J connectivity index is 1.76. The largest absolute Gasteiger partial charge is 0.422 e.